The number of carbonyl (C=O) groups is 1. The molecule has 1 aromatic carbocycles. The van der Waals surface area contributed by atoms with Gasteiger partial charge in [0.25, 0.3) is 0 Å². The normalized spacial score (nSPS) is 22.0. The largest absolute Gasteiger partial charge is 0.447 e. The zero-order valence-corrected chi connectivity index (χ0v) is 23.8. The number of thiazole rings is 1. The molecule has 1 atom stereocenters. The maximum atomic E-state index is 13.7. The van der Waals surface area contributed by atoms with E-state index in [1.807, 2.05) is 38.2 Å². The lowest BCUT2D eigenvalue weighted by Crippen LogP contribution is -2.38. The van der Waals surface area contributed by atoms with Crippen LogP contribution in [0.5, 0.6) is 0 Å². The van der Waals surface area contributed by atoms with E-state index < -0.39 is 19.9 Å². The monoisotopic (exact) mass is 563 g/mol. The van der Waals surface area contributed by atoms with Gasteiger partial charge in [0.15, 0.2) is 0 Å². The number of nitrogens with two attached hydrogens (primary N) is 2. The zero-order valence-electron chi connectivity index (χ0n) is 22.1. The molecule has 8 nitrogen and oxygen atoms in total. The lowest BCUT2D eigenvalue weighted by molar-refractivity contribution is 0.109. The highest BCUT2D eigenvalue weighted by Gasteiger charge is 2.35. The second kappa shape index (κ2) is 12.6. The van der Waals surface area contributed by atoms with Crippen molar-refractivity contribution in [3.63, 3.8) is 0 Å². The Labute approximate surface area is 228 Å². The van der Waals surface area contributed by atoms with Crippen LogP contribution in [0, 0.1) is 0 Å². The molecular weight excluding hydrogens is 524 g/mol. The number of rotatable bonds is 10. The molecule has 2 aliphatic rings. The molecule has 1 aromatic heterocycles. The highest BCUT2D eigenvalue weighted by atomic mass is 32.1. The fourth-order valence-corrected chi connectivity index (χ4v) is 8.57. The molecule has 0 spiro atoms. The van der Waals surface area contributed by atoms with E-state index in [4.69, 9.17) is 21.2 Å². The van der Waals surface area contributed by atoms with Crippen molar-refractivity contribution in [3.8, 4) is 10.4 Å². The van der Waals surface area contributed by atoms with E-state index in [9.17, 15) is 13.8 Å². The highest BCUT2D eigenvalue weighted by Crippen LogP contribution is 2.56. The van der Waals surface area contributed by atoms with Gasteiger partial charge in [-0.25, -0.2) is 9.78 Å². The molecule has 0 radical (unpaired) electrons. The summed E-state index contributed by atoms with van der Waals surface area (Å²) < 4.78 is 31.4. The van der Waals surface area contributed by atoms with E-state index in [-0.39, 0.29) is 24.7 Å². The molecule has 1 saturated heterocycles. The Kier molecular flexibility index (Phi) is 9.50. The molecule has 1 aliphatic carbocycles. The van der Waals surface area contributed by atoms with Crippen LogP contribution in [-0.2, 0) is 9.30 Å². The van der Waals surface area contributed by atoms with E-state index in [1.165, 1.54) is 0 Å². The Morgan fingerprint density at radius 2 is 2.03 bits per heavy atom. The summed E-state index contributed by atoms with van der Waals surface area (Å²) >= 11 is 1.66. The zero-order chi connectivity index (χ0) is 27.3. The molecule has 1 amide bonds. The van der Waals surface area contributed by atoms with Gasteiger partial charge in [-0.2, -0.15) is 0 Å². The van der Waals surface area contributed by atoms with Crippen LogP contribution >= 0.6 is 18.5 Å². The van der Waals surface area contributed by atoms with Crippen LogP contribution in [0.25, 0.3) is 10.4 Å². The van der Waals surface area contributed by atoms with Crippen molar-refractivity contribution in [2.75, 3.05) is 24.3 Å². The summed E-state index contributed by atoms with van der Waals surface area (Å²) in [5.74, 6) is 0.690. The number of nitrogens with zero attached hydrogens (tertiary/aromatic N) is 1. The van der Waals surface area contributed by atoms with Gasteiger partial charge in [-0.05, 0) is 70.6 Å². The fourth-order valence-electron chi connectivity index (χ4n) is 4.99. The van der Waals surface area contributed by atoms with Gasteiger partial charge in [0.2, 0.25) is 0 Å². The van der Waals surface area contributed by atoms with Gasteiger partial charge in [-0.3, -0.25) is 4.39 Å². The summed E-state index contributed by atoms with van der Waals surface area (Å²) in [6, 6.07) is 5.50. The Bertz CT molecular complexity index is 1190. The number of aromatic nitrogens is 1. The highest BCUT2D eigenvalue weighted by molar-refractivity contribution is 7.73. The summed E-state index contributed by atoms with van der Waals surface area (Å²) in [7, 11) is -2.46. The predicted octanol–water partition coefficient (Wildman–Crippen LogP) is 5.26. The number of amides is 1. The van der Waals surface area contributed by atoms with Crippen LogP contribution in [0.1, 0.15) is 63.3 Å². The molecule has 1 unspecified atom stereocenters. The Hall–Kier alpha value is -2.42. The number of alkyl halides is 1. The maximum absolute atomic E-state index is 13.7. The summed E-state index contributed by atoms with van der Waals surface area (Å²) in [5, 5.41) is 8.04. The maximum Gasteiger partial charge on any atom is 0.407 e. The van der Waals surface area contributed by atoms with E-state index in [1.54, 1.807) is 17.4 Å². The van der Waals surface area contributed by atoms with E-state index in [0.29, 0.717) is 24.1 Å². The van der Waals surface area contributed by atoms with Crippen LogP contribution in [0.15, 0.2) is 36.3 Å². The van der Waals surface area contributed by atoms with Gasteiger partial charge < -0.3 is 31.4 Å². The van der Waals surface area contributed by atoms with Gasteiger partial charge in [-0.1, -0.05) is 6.07 Å². The molecule has 208 valence electrons. The molecular formula is C27H39FN5O3PS. The summed E-state index contributed by atoms with van der Waals surface area (Å²) in [5.41, 5.74) is 13.6. The Morgan fingerprint density at radius 3 is 2.66 bits per heavy atom. The molecule has 2 fully saturated rings. The van der Waals surface area contributed by atoms with Crippen molar-refractivity contribution in [1.82, 2.24) is 10.3 Å². The Morgan fingerprint density at radius 1 is 1.29 bits per heavy atom. The minimum atomic E-state index is -2.46. The van der Waals surface area contributed by atoms with Gasteiger partial charge in [0.05, 0.1) is 28.5 Å². The first-order chi connectivity index (χ1) is 18.2. The molecule has 1 aliphatic heterocycles. The van der Waals surface area contributed by atoms with Crippen molar-refractivity contribution in [2.45, 2.75) is 76.5 Å². The smallest absolute Gasteiger partial charge is 0.407 e. The molecule has 0 bridgehead atoms. The SMILES string of the molecule is CC(C)OC(=O)NC1CCC(c2ncc(-c3ccc(N/C(N)=C/C(N)CCF)cc3P3(=O)CCC3)s2)CC1. The van der Waals surface area contributed by atoms with Crippen LogP contribution in [0.3, 0.4) is 0 Å². The molecule has 38 heavy (non-hydrogen) atoms. The van der Waals surface area contributed by atoms with Crippen molar-refractivity contribution < 1.29 is 18.5 Å². The summed E-state index contributed by atoms with van der Waals surface area (Å²) in [6.07, 6.45) is 9.26. The van der Waals surface area contributed by atoms with Gasteiger partial charge in [0.1, 0.15) is 7.14 Å². The molecule has 11 heteroatoms. The third kappa shape index (κ3) is 7.16. The second-order valence-corrected chi connectivity index (χ2v) is 14.7. The second-order valence-electron chi connectivity index (χ2n) is 10.5. The van der Waals surface area contributed by atoms with E-state index >= 15 is 0 Å². The van der Waals surface area contributed by atoms with Crippen molar-refractivity contribution >= 4 is 35.6 Å². The van der Waals surface area contributed by atoms with Crippen LogP contribution in [0.4, 0.5) is 14.9 Å². The lowest BCUT2D eigenvalue weighted by Gasteiger charge is -2.29. The van der Waals surface area contributed by atoms with Crippen LogP contribution in [-0.4, -0.2) is 48.3 Å². The third-order valence-electron chi connectivity index (χ3n) is 7.13. The number of halogens is 1. The van der Waals surface area contributed by atoms with Crippen LogP contribution in [0.2, 0.25) is 0 Å². The number of anilines is 1. The van der Waals surface area contributed by atoms with Gasteiger partial charge >= 0.3 is 6.09 Å². The minimum Gasteiger partial charge on any atom is -0.447 e. The number of nitrogens with one attached hydrogen (secondary N) is 2. The summed E-state index contributed by atoms with van der Waals surface area (Å²) in [6.45, 7) is 3.18. The van der Waals surface area contributed by atoms with E-state index in [0.717, 1.165) is 58.5 Å². The number of hydrogen-bond donors (Lipinski definition) is 4. The van der Waals surface area contributed by atoms with Crippen molar-refractivity contribution in [1.29, 1.82) is 0 Å². The summed E-state index contributed by atoms with van der Waals surface area (Å²) in [4.78, 5) is 17.7. The molecule has 1 saturated carbocycles. The number of hydrogen-bond acceptors (Lipinski definition) is 8. The molecule has 2 heterocycles. The fraction of sp³-hybridized carbons (Fsp3) is 0.556. The molecule has 2 aromatic rings. The first-order valence-electron chi connectivity index (χ1n) is 13.4. The number of alkyl carbamates (subject to hydrolysis) is 1. The topological polar surface area (TPSA) is 132 Å². The van der Waals surface area contributed by atoms with Crippen molar-refractivity contribution in [3.05, 3.63) is 41.3 Å². The standard InChI is InChI=1S/C27H39FN5O3PS/c1-17(2)36-27(34)33-20-6-4-18(5-7-20)26-31-16-24(38-26)22-9-8-21(15-23(22)37(35)12-3-13-37)32-25(30)14-19(29)10-11-28/h8-9,14-20,32H,3-7,10-13,29-30H2,1-2H3,(H,33,34)/b25-14+. The number of carbonyl (C=O) groups excluding carboxylic acids is 1. The lowest BCUT2D eigenvalue weighted by atomic mass is 9.86. The van der Waals surface area contributed by atoms with Gasteiger partial charge in [0, 0.05) is 53.1 Å². The predicted molar refractivity (Wildman–Crippen MR) is 153 cm³/mol. The molecule has 4 rings (SSSR count). The van der Waals surface area contributed by atoms with Crippen LogP contribution < -0.4 is 27.4 Å². The molecule has 6 N–H and O–H groups in total. The first kappa shape index (κ1) is 28.6. The third-order valence-corrected chi connectivity index (χ3v) is 11.6. The minimum absolute atomic E-state index is 0.125. The Balaban J connectivity index is 1.47. The number of benzene rings is 1. The van der Waals surface area contributed by atoms with Gasteiger partial charge in [-0.15, -0.1) is 11.3 Å². The quantitative estimate of drug-likeness (QED) is 0.290. The average Bonchev–Trinajstić information content (AvgIpc) is 3.32. The number of ether oxygens (including phenoxy) is 1. The van der Waals surface area contributed by atoms with E-state index in [2.05, 4.69) is 10.6 Å². The average molecular weight is 564 g/mol. The van der Waals surface area contributed by atoms with Crippen molar-refractivity contribution in [2.24, 2.45) is 11.5 Å². The first-order valence-corrected chi connectivity index (χ1v) is 16.3.